The lowest BCUT2D eigenvalue weighted by atomic mass is 10.1. The number of H-pyrrole nitrogens is 1. The van der Waals surface area contributed by atoms with Crippen LogP contribution < -0.4 is 4.90 Å². The summed E-state index contributed by atoms with van der Waals surface area (Å²) in [5, 5.41) is 1.08. The van der Waals surface area contributed by atoms with Gasteiger partial charge in [0.2, 0.25) is 0 Å². The van der Waals surface area contributed by atoms with Gasteiger partial charge in [-0.25, -0.2) is 9.97 Å². The Labute approximate surface area is 99.8 Å². The summed E-state index contributed by atoms with van der Waals surface area (Å²) in [6, 6.07) is 2.54. The molecule has 1 aliphatic heterocycles. The van der Waals surface area contributed by atoms with E-state index in [0.717, 1.165) is 42.9 Å². The molecule has 0 radical (unpaired) electrons. The van der Waals surface area contributed by atoms with Gasteiger partial charge in [0, 0.05) is 32.5 Å². The molecule has 3 heterocycles. The first kappa shape index (κ1) is 10.5. The van der Waals surface area contributed by atoms with Crippen molar-refractivity contribution in [2.75, 3.05) is 25.2 Å². The van der Waals surface area contributed by atoms with Crippen molar-refractivity contribution in [1.29, 1.82) is 0 Å². The molecule has 1 saturated heterocycles. The van der Waals surface area contributed by atoms with Crippen molar-refractivity contribution in [3.63, 3.8) is 0 Å². The van der Waals surface area contributed by atoms with Crippen LogP contribution in [0.3, 0.4) is 0 Å². The van der Waals surface area contributed by atoms with Crippen molar-refractivity contribution in [2.24, 2.45) is 0 Å². The Morgan fingerprint density at radius 2 is 2.18 bits per heavy atom. The molecule has 0 unspecified atom stereocenters. The zero-order chi connectivity index (χ0) is 11.7. The normalized spacial score (nSPS) is 17.5. The fourth-order valence-electron chi connectivity index (χ4n) is 2.39. The third-order valence-corrected chi connectivity index (χ3v) is 3.41. The van der Waals surface area contributed by atoms with Crippen LogP contribution >= 0.6 is 0 Å². The standard InChI is InChI=1S/C12H16N4O/c1-16(9-3-6-17-7-4-9)12-10-2-5-13-11(10)14-8-15-12/h2,5,8-9H,3-4,6-7H2,1H3,(H,13,14,15). The third kappa shape index (κ3) is 1.86. The lowest BCUT2D eigenvalue weighted by Gasteiger charge is -2.32. The van der Waals surface area contributed by atoms with E-state index in [9.17, 15) is 0 Å². The van der Waals surface area contributed by atoms with Gasteiger partial charge in [-0.05, 0) is 18.9 Å². The zero-order valence-corrected chi connectivity index (χ0v) is 9.89. The van der Waals surface area contributed by atoms with Crippen LogP contribution in [-0.2, 0) is 4.74 Å². The highest BCUT2D eigenvalue weighted by atomic mass is 16.5. The van der Waals surface area contributed by atoms with Gasteiger partial charge in [0.25, 0.3) is 0 Å². The summed E-state index contributed by atoms with van der Waals surface area (Å²) in [6.07, 6.45) is 5.64. The maximum absolute atomic E-state index is 5.39. The molecule has 1 fully saturated rings. The highest BCUT2D eigenvalue weighted by Crippen LogP contribution is 2.25. The summed E-state index contributed by atoms with van der Waals surface area (Å²) in [7, 11) is 2.10. The summed E-state index contributed by atoms with van der Waals surface area (Å²) in [4.78, 5) is 14.0. The molecule has 0 spiro atoms. The summed E-state index contributed by atoms with van der Waals surface area (Å²) in [5.41, 5.74) is 0.897. The Hall–Kier alpha value is -1.62. The van der Waals surface area contributed by atoms with Crippen molar-refractivity contribution < 1.29 is 4.74 Å². The second-order valence-corrected chi connectivity index (χ2v) is 4.39. The number of anilines is 1. The topological polar surface area (TPSA) is 54.0 Å². The first-order valence-electron chi connectivity index (χ1n) is 5.95. The Morgan fingerprint density at radius 1 is 1.35 bits per heavy atom. The van der Waals surface area contributed by atoms with E-state index >= 15 is 0 Å². The number of nitrogens with one attached hydrogen (secondary N) is 1. The molecule has 5 heteroatoms. The minimum absolute atomic E-state index is 0.511. The largest absolute Gasteiger partial charge is 0.381 e. The maximum atomic E-state index is 5.39. The second-order valence-electron chi connectivity index (χ2n) is 4.39. The first-order valence-corrected chi connectivity index (χ1v) is 5.95. The van der Waals surface area contributed by atoms with E-state index in [1.165, 1.54) is 0 Å². The number of hydrogen-bond acceptors (Lipinski definition) is 4. The maximum Gasteiger partial charge on any atom is 0.142 e. The van der Waals surface area contributed by atoms with Gasteiger partial charge >= 0.3 is 0 Å². The lowest BCUT2D eigenvalue weighted by molar-refractivity contribution is 0.0854. The minimum Gasteiger partial charge on any atom is -0.381 e. The second kappa shape index (κ2) is 4.33. The lowest BCUT2D eigenvalue weighted by Crippen LogP contribution is -2.37. The van der Waals surface area contributed by atoms with Gasteiger partial charge in [0.05, 0.1) is 5.39 Å². The predicted molar refractivity (Wildman–Crippen MR) is 66.1 cm³/mol. The molecule has 90 valence electrons. The number of ether oxygens (including phenoxy) is 1. The van der Waals surface area contributed by atoms with Gasteiger partial charge in [-0.15, -0.1) is 0 Å². The average molecular weight is 232 g/mol. The molecule has 0 bridgehead atoms. The zero-order valence-electron chi connectivity index (χ0n) is 9.89. The molecule has 5 nitrogen and oxygen atoms in total. The Balaban J connectivity index is 1.94. The van der Waals surface area contributed by atoms with Gasteiger partial charge in [0.1, 0.15) is 17.8 Å². The number of rotatable bonds is 2. The van der Waals surface area contributed by atoms with Crippen molar-refractivity contribution in [2.45, 2.75) is 18.9 Å². The Kier molecular flexibility index (Phi) is 2.68. The molecule has 17 heavy (non-hydrogen) atoms. The van der Waals surface area contributed by atoms with Crippen LogP contribution in [0.1, 0.15) is 12.8 Å². The Morgan fingerprint density at radius 3 is 3.00 bits per heavy atom. The molecule has 3 rings (SSSR count). The van der Waals surface area contributed by atoms with E-state index in [2.05, 4.69) is 26.9 Å². The van der Waals surface area contributed by atoms with Gasteiger partial charge in [-0.3, -0.25) is 0 Å². The summed E-state index contributed by atoms with van der Waals surface area (Å²) in [6.45, 7) is 1.69. The highest BCUT2D eigenvalue weighted by Gasteiger charge is 2.21. The van der Waals surface area contributed by atoms with Crippen molar-refractivity contribution in [3.05, 3.63) is 18.6 Å². The van der Waals surface area contributed by atoms with E-state index in [4.69, 9.17) is 4.74 Å². The third-order valence-electron chi connectivity index (χ3n) is 3.41. The van der Waals surface area contributed by atoms with Crippen LogP contribution in [0, 0.1) is 0 Å². The molecule has 1 aliphatic rings. The van der Waals surface area contributed by atoms with E-state index in [1.807, 2.05) is 12.3 Å². The molecular weight excluding hydrogens is 216 g/mol. The van der Waals surface area contributed by atoms with Gasteiger partial charge in [0.15, 0.2) is 0 Å². The quantitative estimate of drug-likeness (QED) is 0.854. The van der Waals surface area contributed by atoms with E-state index in [-0.39, 0.29) is 0 Å². The molecule has 0 atom stereocenters. The van der Waals surface area contributed by atoms with Crippen LogP contribution in [0.2, 0.25) is 0 Å². The van der Waals surface area contributed by atoms with Crippen molar-refractivity contribution in [3.8, 4) is 0 Å². The minimum atomic E-state index is 0.511. The van der Waals surface area contributed by atoms with Crippen LogP contribution in [0.15, 0.2) is 18.6 Å². The fourth-order valence-corrected chi connectivity index (χ4v) is 2.39. The SMILES string of the molecule is CN(c1ncnc2[nH]ccc12)C1CCOCC1. The molecular formula is C12H16N4O. The van der Waals surface area contributed by atoms with E-state index in [1.54, 1.807) is 6.33 Å². The number of nitrogens with zero attached hydrogens (tertiary/aromatic N) is 3. The summed E-state index contributed by atoms with van der Waals surface area (Å²) < 4.78 is 5.39. The highest BCUT2D eigenvalue weighted by molar-refractivity contribution is 5.87. The van der Waals surface area contributed by atoms with Crippen molar-refractivity contribution in [1.82, 2.24) is 15.0 Å². The van der Waals surface area contributed by atoms with Crippen LogP contribution in [0.25, 0.3) is 11.0 Å². The molecule has 0 aromatic carbocycles. The molecule has 0 amide bonds. The van der Waals surface area contributed by atoms with Crippen LogP contribution in [0.5, 0.6) is 0 Å². The number of fused-ring (bicyclic) bond motifs is 1. The van der Waals surface area contributed by atoms with Gasteiger partial charge in [-0.1, -0.05) is 0 Å². The number of hydrogen-bond donors (Lipinski definition) is 1. The van der Waals surface area contributed by atoms with Crippen molar-refractivity contribution >= 4 is 16.9 Å². The van der Waals surface area contributed by atoms with E-state index < -0.39 is 0 Å². The average Bonchev–Trinajstić information content (AvgIpc) is 2.87. The monoisotopic (exact) mass is 232 g/mol. The van der Waals surface area contributed by atoms with Crippen LogP contribution in [-0.4, -0.2) is 41.3 Å². The first-order chi connectivity index (χ1) is 8.36. The Bertz CT molecular complexity index is 504. The van der Waals surface area contributed by atoms with Gasteiger partial charge in [-0.2, -0.15) is 0 Å². The molecule has 2 aromatic heterocycles. The van der Waals surface area contributed by atoms with Gasteiger partial charge < -0.3 is 14.6 Å². The molecule has 0 aliphatic carbocycles. The van der Waals surface area contributed by atoms with Crippen LogP contribution in [0.4, 0.5) is 5.82 Å². The molecule has 1 N–H and O–H groups in total. The number of aromatic nitrogens is 3. The number of aromatic amines is 1. The molecule has 0 saturated carbocycles. The predicted octanol–water partition coefficient (Wildman–Crippen LogP) is 1.57. The summed E-state index contributed by atoms with van der Waals surface area (Å²) >= 11 is 0. The molecule has 2 aromatic rings. The fraction of sp³-hybridized carbons (Fsp3) is 0.500. The van der Waals surface area contributed by atoms with E-state index in [0.29, 0.717) is 6.04 Å². The summed E-state index contributed by atoms with van der Waals surface area (Å²) in [5.74, 6) is 1.00. The smallest absolute Gasteiger partial charge is 0.142 e.